The molecule has 17 heavy (non-hydrogen) atoms. The van der Waals surface area contributed by atoms with Crippen LogP contribution in [0.15, 0.2) is 12.3 Å². The van der Waals surface area contributed by atoms with Gasteiger partial charge in [0, 0.05) is 19.2 Å². The molecule has 1 rings (SSSR count). The second-order valence-corrected chi connectivity index (χ2v) is 3.56. The largest absolute Gasteiger partial charge is 0.417 e. The van der Waals surface area contributed by atoms with Crippen LogP contribution in [0.4, 0.5) is 19.0 Å². The fraction of sp³-hybridized carbons (Fsp3) is 0.364. The van der Waals surface area contributed by atoms with Gasteiger partial charge in [-0.2, -0.15) is 13.2 Å². The average molecular weight is 263 g/mol. The quantitative estimate of drug-likeness (QED) is 0.665. The molecule has 0 bridgehead atoms. The van der Waals surface area contributed by atoms with Crippen LogP contribution >= 0.6 is 11.6 Å². The first-order chi connectivity index (χ1) is 7.95. The number of nitrogens with one attached hydrogen (secondary N) is 1. The van der Waals surface area contributed by atoms with Crippen molar-refractivity contribution in [3.63, 3.8) is 0 Å². The highest BCUT2D eigenvalue weighted by molar-refractivity contribution is 6.32. The molecular formula is C11H10ClF3N2. The van der Waals surface area contributed by atoms with Crippen LogP contribution in [0.3, 0.4) is 0 Å². The molecule has 0 unspecified atom stereocenters. The van der Waals surface area contributed by atoms with Crippen molar-refractivity contribution < 1.29 is 13.2 Å². The molecule has 1 heterocycles. The van der Waals surface area contributed by atoms with Crippen molar-refractivity contribution in [3.8, 4) is 11.8 Å². The maximum absolute atomic E-state index is 12.3. The van der Waals surface area contributed by atoms with Gasteiger partial charge in [0.1, 0.15) is 5.82 Å². The molecule has 92 valence electrons. The number of halogens is 4. The first-order valence-corrected chi connectivity index (χ1v) is 5.19. The van der Waals surface area contributed by atoms with Gasteiger partial charge in [0.15, 0.2) is 0 Å². The zero-order valence-corrected chi connectivity index (χ0v) is 9.78. The third kappa shape index (κ3) is 4.16. The van der Waals surface area contributed by atoms with Gasteiger partial charge in [-0.05, 0) is 13.0 Å². The summed E-state index contributed by atoms with van der Waals surface area (Å²) in [5, 5.41) is 2.76. The Morgan fingerprint density at radius 3 is 2.71 bits per heavy atom. The molecule has 0 atom stereocenters. The minimum Gasteiger partial charge on any atom is -0.368 e. The molecule has 1 N–H and O–H groups in total. The molecule has 0 aromatic carbocycles. The van der Waals surface area contributed by atoms with E-state index >= 15 is 0 Å². The number of aromatic nitrogens is 1. The number of hydrogen-bond acceptors (Lipinski definition) is 2. The first kappa shape index (κ1) is 13.7. The summed E-state index contributed by atoms with van der Waals surface area (Å²) >= 11 is 5.69. The summed E-state index contributed by atoms with van der Waals surface area (Å²) in [5.74, 6) is 5.75. The summed E-state index contributed by atoms with van der Waals surface area (Å²) < 4.78 is 36.9. The van der Waals surface area contributed by atoms with Crippen molar-refractivity contribution in [2.45, 2.75) is 19.5 Å². The maximum atomic E-state index is 12.3. The lowest BCUT2D eigenvalue weighted by Crippen LogP contribution is -2.08. The van der Waals surface area contributed by atoms with Gasteiger partial charge in [0.05, 0.1) is 10.6 Å². The Labute approximate surface area is 102 Å². The Morgan fingerprint density at radius 1 is 1.47 bits per heavy atom. The molecule has 0 saturated carbocycles. The summed E-state index contributed by atoms with van der Waals surface area (Å²) in [5.41, 5.74) is -0.860. The third-order valence-electron chi connectivity index (χ3n) is 1.89. The van der Waals surface area contributed by atoms with Crippen molar-refractivity contribution in [1.82, 2.24) is 4.98 Å². The standard InChI is InChI=1S/C11H10ClF3N2/c1-2-3-4-5-16-10-9(12)6-8(7-17-10)11(13,14)15/h6-7H,4-5H2,1H3,(H,16,17). The van der Waals surface area contributed by atoms with Crippen molar-refractivity contribution in [1.29, 1.82) is 0 Å². The second-order valence-electron chi connectivity index (χ2n) is 3.16. The first-order valence-electron chi connectivity index (χ1n) is 4.81. The second kappa shape index (κ2) is 5.78. The van der Waals surface area contributed by atoms with E-state index in [9.17, 15) is 13.2 Å². The average Bonchev–Trinajstić information content (AvgIpc) is 2.24. The Hall–Kier alpha value is -1.41. The van der Waals surface area contributed by atoms with E-state index in [0.29, 0.717) is 13.0 Å². The van der Waals surface area contributed by atoms with E-state index in [1.165, 1.54) is 0 Å². The number of anilines is 1. The minimum atomic E-state index is -4.43. The number of hydrogen-bond donors (Lipinski definition) is 1. The van der Waals surface area contributed by atoms with E-state index in [4.69, 9.17) is 11.6 Å². The summed E-state index contributed by atoms with van der Waals surface area (Å²) in [6.45, 7) is 2.20. The summed E-state index contributed by atoms with van der Waals surface area (Å²) in [4.78, 5) is 3.63. The van der Waals surface area contributed by atoms with Gasteiger partial charge in [-0.25, -0.2) is 4.98 Å². The highest BCUT2D eigenvalue weighted by Gasteiger charge is 2.31. The zero-order chi connectivity index (χ0) is 12.9. The molecule has 6 heteroatoms. The lowest BCUT2D eigenvalue weighted by molar-refractivity contribution is -0.137. The molecule has 1 aromatic rings. The highest BCUT2D eigenvalue weighted by Crippen LogP contribution is 2.32. The van der Waals surface area contributed by atoms with Crippen LogP contribution in [-0.2, 0) is 6.18 Å². The van der Waals surface area contributed by atoms with Gasteiger partial charge < -0.3 is 5.32 Å². The molecule has 0 aliphatic heterocycles. The van der Waals surface area contributed by atoms with Gasteiger partial charge in [-0.15, -0.1) is 11.8 Å². The summed E-state index contributed by atoms with van der Waals surface area (Å²) in [6, 6.07) is 0.850. The smallest absolute Gasteiger partial charge is 0.368 e. The third-order valence-corrected chi connectivity index (χ3v) is 2.18. The zero-order valence-electron chi connectivity index (χ0n) is 9.03. The van der Waals surface area contributed by atoms with E-state index in [-0.39, 0.29) is 10.8 Å². The Bertz CT molecular complexity index is 446. The van der Waals surface area contributed by atoms with Crippen LogP contribution in [0.2, 0.25) is 5.02 Å². The van der Waals surface area contributed by atoms with Gasteiger partial charge in [0.2, 0.25) is 0 Å². The molecule has 0 amide bonds. The molecule has 1 aromatic heterocycles. The number of alkyl halides is 3. The van der Waals surface area contributed by atoms with E-state index in [0.717, 1.165) is 12.3 Å². The van der Waals surface area contributed by atoms with Crippen molar-refractivity contribution >= 4 is 17.4 Å². The molecule has 0 radical (unpaired) electrons. The Balaban J connectivity index is 2.72. The molecule has 0 saturated heterocycles. The van der Waals surface area contributed by atoms with Gasteiger partial charge in [-0.3, -0.25) is 0 Å². The summed E-state index contributed by atoms with van der Waals surface area (Å²) in [6.07, 6.45) is -3.10. The van der Waals surface area contributed by atoms with Crippen LogP contribution in [0.5, 0.6) is 0 Å². The minimum absolute atomic E-state index is 0.0516. The lowest BCUT2D eigenvalue weighted by Gasteiger charge is -2.09. The predicted molar refractivity (Wildman–Crippen MR) is 60.8 cm³/mol. The fourth-order valence-electron chi connectivity index (χ4n) is 1.09. The van der Waals surface area contributed by atoms with E-state index < -0.39 is 11.7 Å². The van der Waals surface area contributed by atoms with E-state index in [1.54, 1.807) is 6.92 Å². The van der Waals surface area contributed by atoms with Crippen LogP contribution in [0, 0.1) is 11.8 Å². The van der Waals surface area contributed by atoms with Gasteiger partial charge in [0.25, 0.3) is 0 Å². The number of nitrogens with zero attached hydrogens (tertiary/aromatic N) is 1. The van der Waals surface area contributed by atoms with Crippen molar-refractivity contribution in [3.05, 3.63) is 22.8 Å². The van der Waals surface area contributed by atoms with Crippen molar-refractivity contribution in [2.24, 2.45) is 0 Å². The SMILES string of the molecule is CC#CCCNc1ncc(C(F)(F)F)cc1Cl. The van der Waals surface area contributed by atoms with Crippen LogP contribution in [0.25, 0.3) is 0 Å². The Kier molecular flexibility index (Phi) is 4.64. The van der Waals surface area contributed by atoms with Gasteiger partial charge in [-0.1, -0.05) is 11.6 Å². The summed E-state index contributed by atoms with van der Waals surface area (Å²) in [7, 11) is 0. The van der Waals surface area contributed by atoms with Crippen LogP contribution in [-0.4, -0.2) is 11.5 Å². The fourth-order valence-corrected chi connectivity index (χ4v) is 1.32. The van der Waals surface area contributed by atoms with Gasteiger partial charge >= 0.3 is 6.18 Å². The normalized spacial score (nSPS) is 10.6. The number of rotatable bonds is 3. The maximum Gasteiger partial charge on any atom is 0.417 e. The van der Waals surface area contributed by atoms with Crippen molar-refractivity contribution in [2.75, 3.05) is 11.9 Å². The molecule has 0 aliphatic carbocycles. The lowest BCUT2D eigenvalue weighted by atomic mass is 10.3. The Morgan fingerprint density at radius 2 is 2.18 bits per heavy atom. The van der Waals surface area contributed by atoms with Crippen LogP contribution < -0.4 is 5.32 Å². The van der Waals surface area contributed by atoms with E-state index in [2.05, 4.69) is 22.1 Å². The molecular weight excluding hydrogens is 253 g/mol. The monoisotopic (exact) mass is 262 g/mol. The molecule has 0 fully saturated rings. The molecule has 0 spiro atoms. The predicted octanol–water partition coefficient (Wildman–Crippen LogP) is 3.58. The number of pyridine rings is 1. The molecule has 0 aliphatic rings. The van der Waals surface area contributed by atoms with E-state index in [1.807, 2.05) is 0 Å². The topological polar surface area (TPSA) is 24.9 Å². The van der Waals surface area contributed by atoms with Crippen LogP contribution in [0.1, 0.15) is 18.9 Å². The molecule has 2 nitrogen and oxygen atoms in total. The highest BCUT2D eigenvalue weighted by atomic mass is 35.5.